The second-order valence-corrected chi connectivity index (χ2v) is 7.84. The van der Waals surface area contributed by atoms with Crippen LogP contribution in [0.4, 0.5) is 11.8 Å². The Morgan fingerprint density at radius 2 is 1.83 bits per heavy atom. The van der Waals surface area contributed by atoms with Crippen LogP contribution in [-0.2, 0) is 0 Å². The molecule has 1 N–H and O–H groups in total. The number of hydrogen-bond donors (Lipinski definition) is 1. The smallest absolute Gasteiger partial charge is 0.225 e. The van der Waals surface area contributed by atoms with Crippen LogP contribution < -0.4 is 10.2 Å². The Morgan fingerprint density at radius 3 is 2.63 bits per heavy atom. The minimum absolute atomic E-state index is 0.388. The van der Waals surface area contributed by atoms with Gasteiger partial charge in [0.1, 0.15) is 0 Å². The molecule has 1 saturated heterocycles. The molecule has 154 valence electrons. The van der Waals surface area contributed by atoms with E-state index in [1.165, 1.54) is 0 Å². The van der Waals surface area contributed by atoms with Crippen molar-refractivity contribution in [3.63, 3.8) is 0 Å². The van der Waals surface area contributed by atoms with Crippen LogP contribution in [0.1, 0.15) is 12.6 Å². The molecule has 30 heavy (non-hydrogen) atoms. The molecule has 8 nitrogen and oxygen atoms in total. The summed E-state index contributed by atoms with van der Waals surface area (Å²) in [4.78, 5) is 13.5. The fourth-order valence-electron chi connectivity index (χ4n) is 4.22. The fourth-order valence-corrected chi connectivity index (χ4v) is 4.22. The summed E-state index contributed by atoms with van der Waals surface area (Å²) in [5.41, 5.74) is 3.21. The molecule has 0 bridgehead atoms. The maximum absolute atomic E-state index is 4.45. The van der Waals surface area contributed by atoms with Gasteiger partial charge in [0.2, 0.25) is 5.95 Å². The predicted octanol–water partition coefficient (Wildman–Crippen LogP) is 2.60. The maximum atomic E-state index is 4.45. The predicted molar refractivity (Wildman–Crippen MR) is 119 cm³/mol. The largest absolute Gasteiger partial charge is 0.366 e. The van der Waals surface area contributed by atoms with Gasteiger partial charge in [0.05, 0.1) is 11.2 Å². The highest BCUT2D eigenvalue weighted by Crippen LogP contribution is 2.27. The summed E-state index contributed by atoms with van der Waals surface area (Å²) in [5.74, 6) is 1.67. The van der Waals surface area contributed by atoms with Crippen molar-refractivity contribution in [2.45, 2.75) is 19.9 Å². The first-order valence-electron chi connectivity index (χ1n) is 10.4. The van der Waals surface area contributed by atoms with Gasteiger partial charge in [-0.25, -0.2) is 9.97 Å². The second kappa shape index (κ2) is 7.87. The van der Waals surface area contributed by atoms with Crippen LogP contribution in [0.25, 0.3) is 16.4 Å². The summed E-state index contributed by atoms with van der Waals surface area (Å²) in [6, 6.07) is 10.6. The molecule has 0 amide bonds. The lowest BCUT2D eigenvalue weighted by Gasteiger charge is -2.38. The number of hydrogen-bond acceptors (Lipinski definition) is 7. The molecule has 5 rings (SSSR count). The first-order valence-corrected chi connectivity index (χ1v) is 10.4. The lowest BCUT2D eigenvalue weighted by atomic mass is 10.2. The minimum Gasteiger partial charge on any atom is -0.366 e. The van der Waals surface area contributed by atoms with Gasteiger partial charge in [-0.05, 0) is 38.1 Å². The summed E-state index contributed by atoms with van der Waals surface area (Å²) in [7, 11) is 0. The molecule has 8 heteroatoms. The van der Waals surface area contributed by atoms with Gasteiger partial charge < -0.3 is 14.6 Å². The fraction of sp³-hybridized carbons (Fsp3) is 0.364. The molecule has 1 aliphatic rings. The zero-order chi connectivity index (χ0) is 20.5. The van der Waals surface area contributed by atoms with E-state index in [9.17, 15) is 0 Å². The average molecular weight is 403 g/mol. The van der Waals surface area contributed by atoms with E-state index in [0.29, 0.717) is 6.04 Å². The third-order valence-electron chi connectivity index (χ3n) is 5.91. The highest BCUT2D eigenvalue weighted by molar-refractivity contribution is 5.96. The SMILES string of the molecule is Cc1nnc(NCC(C)N2CCN(c3ncccn3)CC2)c2cc3ccccn3c12. The number of piperazine rings is 1. The molecule has 0 aromatic carbocycles. The van der Waals surface area contributed by atoms with E-state index in [1.54, 1.807) is 12.4 Å². The minimum atomic E-state index is 0.388. The molecule has 1 fully saturated rings. The van der Waals surface area contributed by atoms with E-state index in [1.807, 2.05) is 19.1 Å². The van der Waals surface area contributed by atoms with Crippen molar-refractivity contribution in [2.24, 2.45) is 0 Å². The number of nitrogens with zero attached hydrogens (tertiary/aromatic N) is 7. The quantitative estimate of drug-likeness (QED) is 0.550. The Kier molecular flexibility index (Phi) is 4.92. The van der Waals surface area contributed by atoms with Crippen LogP contribution in [0.3, 0.4) is 0 Å². The normalized spacial score (nSPS) is 16.3. The third-order valence-corrected chi connectivity index (χ3v) is 5.91. The molecule has 1 unspecified atom stereocenters. The summed E-state index contributed by atoms with van der Waals surface area (Å²) in [6.45, 7) is 8.95. The standard InChI is InChI=1S/C22H26N8/c1-16(28-10-12-29(13-11-28)22-23-7-5-8-24-22)15-25-21-19-14-18-6-3-4-9-30(18)20(19)17(2)26-27-21/h3-9,14,16H,10-13,15H2,1-2H3,(H,25,27). The molecule has 4 aromatic rings. The van der Waals surface area contributed by atoms with E-state index in [4.69, 9.17) is 0 Å². The summed E-state index contributed by atoms with van der Waals surface area (Å²) < 4.78 is 2.18. The molecule has 4 aromatic heterocycles. The highest BCUT2D eigenvalue weighted by atomic mass is 15.3. The van der Waals surface area contributed by atoms with E-state index in [0.717, 1.165) is 66.6 Å². The van der Waals surface area contributed by atoms with Crippen molar-refractivity contribution in [1.82, 2.24) is 29.5 Å². The number of rotatable bonds is 5. The van der Waals surface area contributed by atoms with E-state index < -0.39 is 0 Å². The van der Waals surface area contributed by atoms with Crippen molar-refractivity contribution in [1.29, 1.82) is 0 Å². The van der Waals surface area contributed by atoms with Gasteiger partial charge in [-0.1, -0.05) is 6.07 Å². The lowest BCUT2D eigenvalue weighted by Crippen LogP contribution is -2.51. The topological polar surface area (TPSA) is 74.5 Å². The van der Waals surface area contributed by atoms with E-state index in [-0.39, 0.29) is 0 Å². The Bertz CT molecular complexity index is 1150. The molecular formula is C22H26N8. The molecule has 1 aliphatic heterocycles. The highest BCUT2D eigenvalue weighted by Gasteiger charge is 2.22. The van der Waals surface area contributed by atoms with Crippen LogP contribution in [0, 0.1) is 6.92 Å². The number of fused-ring (bicyclic) bond motifs is 3. The van der Waals surface area contributed by atoms with Crippen molar-refractivity contribution < 1.29 is 0 Å². The monoisotopic (exact) mass is 402 g/mol. The maximum Gasteiger partial charge on any atom is 0.225 e. The number of aryl methyl sites for hydroxylation is 1. The van der Waals surface area contributed by atoms with Crippen LogP contribution in [0.15, 0.2) is 48.9 Å². The van der Waals surface area contributed by atoms with Crippen molar-refractivity contribution >= 4 is 28.2 Å². The Balaban J connectivity index is 1.26. The molecule has 0 aliphatic carbocycles. The van der Waals surface area contributed by atoms with Crippen molar-refractivity contribution in [3.05, 3.63) is 54.6 Å². The molecule has 1 atom stereocenters. The number of nitrogens with one attached hydrogen (secondary N) is 1. The van der Waals surface area contributed by atoms with Gasteiger partial charge in [-0.15, -0.1) is 5.10 Å². The average Bonchev–Trinajstić information content (AvgIpc) is 3.20. The summed E-state index contributed by atoms with van der Waals surface area (Å²) in [6.07, 6.45) is 5.68. The van der Waals surface area contributed by atoms with Gasteiger partial charge in [0.15, 0.2) is 5.82 Å². The lowest BCUT2D eigenvalue weighted by molar-refractivity contribution is 0.203. The Morgan fingerprint density at radius 1 is 1.03 bits per heavy atom. The van der Waals surface area contributed by atoms with Gasteiger partial charge in [0, 0.05) is 68.3 Å². The van der Waals surface area contributed by atoms with E-state index >= 15 is 0 Å². The zero-order valence-electron chi connectivity index (χ0n) is 17.4. The van der Waals surface area contributed by atoms with E-state index in [2.05, 4.69) is 71.0 Å². The number of anilines is 2. The molecule has 0 saturated carbocycles. The van der Waals surface area contributed by atoms with Gasteiger partial charge in [0.25, 0.3) is 0 Å². The summed E-state index contributed by atoms with van der Waals surface area (Å²) in [5, 5.41) is 13.5. The van der Waals surface area contributed by atoms with Gasteiger partial charge >= 0.3 is 0 Å². The second-order valence-electron chi connectivity index (χ2n) is 7.84. The third kappa shape index (κ3) is 3.43. The number of pyridine rings is 1. The van der Waals surface area contributed by atoms with Gasteiger partial charge in [-0.2, -0.15) is 5.10 Å². The van der Waals surface area contributed by atoms with Gasteiger partial charge in [-0.3, -0.25) is 4.90 Å². The van der Waals surface area contributed by atoms with Crippen molar-refractivity contribution in [3.8, 4) is 0 Å². The Labute approximate surface area is 175 Å². The first kappa shape index (κ1) is 18.7. The summed E-state index contributed by atoms with van der Waals surface area (Å²) >= 11 is 0. The molecule has 0 radical (unpaired) electrons. The van der Waals surface area contributed by atoms with Crippen LogP contribution in [0.5, 0.6) is 0 Å². The van der Waals surface area contributed by atoms with Crippen LogP contribution >= 0.6 is 0 Å². The number of aromatic nitrogens is 5. The molecule has 0 spiro atoms. The van der Waals surface area contributed by atoms with Crippen LogP contribution in [0.2, 0.25) is 0 Å². The zero-order valence-corrected chi connectivity index (χ0v) is 17.4. The Hall–Kier alpha value is -3.26. The first-order chi connectivity index (χ1) is 14.7. The molecular weight excluding hydrogens is 376 g/mol. The molecule has 5 heterocycles. The van der Waals surface area contributed by atoms with Crippen LogP contribution in [-0.4, -0.2) is 68.2 Å². The van der Waals surface area contributed by atoms with Crippen molar-refractivity contribution in [2.75, 3.05) is 42.9 Å².